The minimum absolute atomic E-state index is 0.113. The van der Waals surface area contributed by atoms with Crippen LogP contribution in [0.4, 0.5) is 4.39 Å². The van der Waals surface area contributed by atoms with Gasteiger partial charge in [-0.15, -0.1) is 0 Å². The van der Waals surface area contributed by atoms with E-state index < -0.39 is 5.97 Å². The highest BCUT2D eigenvalue weighted by molar-refractivity contribution is 5.95. The molecule has 17 heavy (non-hydrogen) atoms. The molecule has 0 aliphatic heterocycles. The van der Waals surface area contributed by atoms with Gasteiger partial charge in [-0.25, -0.2) is 9.18 Å². The second-order valence-electron chi connectivity index (χ2n) is 3.79. The van der Waals surface area contributed by atoms with E-state index in [9.17, 15) is 9.18 Å². The van der Waals surface area contributed by atoms with Gasteiger partial charge in [0, 0.05) is 12.6 Å². The fraction of sp³-hybridized carbons (Fsp3) is 0.167. The number of aromatic nitrogens is 2. The summed E-state index contributed by atoms with van der Waals surface area (Å²) < 4.78 is 14.5. The number of aryl methyl sites for hydroxylation is 2. The normalized spacial score (nSPS) is 10.5. The Balaban J connectivity index is 2.67. The fourth-order valence-electron chi connectivity index (χ4n) is 1.81. The van der Waals surface area contributed by atoms with Crippen molar-refractivity contribution >= 4 is 5.97 Å². The minimum Gasteiger partial charge on any atom is -0.478 e. The van der Waals surface area contributed by atoms with E-state index in [4.69, 9.17) is 5.11 Å². The van der Waals surface area contributed by atoms with Crippen LogP contribution in [0.1, 0.15) is 15.9 Å². The molecular formula is C12H11FN2O2. The summed E-state index contributed by atoms with van der Waals surface area (Å²) in [5.74, 6) is -1.39. The number of nitrogens with zero attached hydrogens (tertiary/aromatic N) is 2. The van der Waals surface area contributed by atoms with Crippen molar-refractivity contribution in [2.45, 2.75) is 6.92 Å². The molecule has 0 bridgehead atoms. The van der Waals surface area contributed by atoms with Gasteiger partial charge in [0.25, 0.3) is 0 Å². The van der Waals surface area contributed by atoms with E-state index in [1.165, 1.54) is 23.0 Å². The lowest BCUT2D eigenvalue weighted by atomic mass is 10.0. The number of hydrogen-bond acceptors (Lipinski definition) is 2. The Hall–Kier alpha value is -2.17. The Bertz CT molecular complexity index is 590. The van der Waals surface area contributed by atoms with Crippen LogP contribution in [0.25, 0.3) is 11.3 Å². The number of carbonyl (C=O) groups is 1. The average Bonchev–Trinajstić information content (AvgIpc) is 2.60. The van der Waals surface area contributed by atoms with Gasteiger partial charge in [-0.05, 0) is 30.7 Å². The molecule has 1 heterocycles. The van der Waals surface area contributed by atoms with Crippen molar-refractivity contribution in [3.8, 4) is 11.3 Å². The van der Waals surface area contributed by atoms with Crippen molar-refractivity contribution in [1.82, 2.24) is 9.78 Å². The summed E-state index contributed by atoms with van der Waals surface area (Å²) in [6.07, 6.45) is 1.29. The first-order valence-electron chi connectivity index (χ1n) is 5.02. The lowest BCUT2D eigenvalue weighted by Crippen LogP contribution is -2.02. The van der Waals surface area contributed by atoms with E-state index >= 15 is 0 Å². The standard InChI is InChI=1S/C12H11FN2O2/c1-7-5-8(13)3-4-9(7)11-10(12(16)17)6-14-15(11)2/h3-6H,1-2H3,(H,16,17). The summed E-state index contributed by atoms with van der Waals surface area (Å²) in [5.41, 5.74) is 1.94. The van der Waals surface area contributed by atoms with E-state index in [-0.39, 0.29) is 11.4 Å². The summed E-state index contributed by atoms with van der Waals surface area (Å²) in [6, 6.07) is 4.24. The molecule has 1 aromatic heterocycles. The van der Waals surface area contributed by atoms with Crippen molar-refractivity contribution in [3.05, 3.63) is 41.3 Å². The maximum atomic E-state index is 13.0. The molecule has 5 heteroatoms. The Morgan fingerprint density at radius 1 is 1.47 bits per heavy atom. The molecule has 0 saturated carbocycles. The van der Waals surface area contributed by atoms with Crippen LogP contribution < -0.4 is 0 Å². The summed E-state index contributed by atoms with van der Waals surface area (Å²) in [7, 11) is 1.66. The maximum Gasteiger partial charge on any atom is 0.339 e. The predicted molar refractivity (Wildman–Crippen MR) is 60.3 cm³/mol. The Kier molecular flexibility index (Phi) is 2.67. The first-order valence-corrected chi connectivity index (χ1v) is 5.02. The van der Waals surface area contributed by atoms with Gasteiger partial charge in [-0.1, -0.05) is 0 Å². The van der Waals surface area contributed by atoms with Gasteiger partial charge in [0.1, 0.15) is 11.4 Å². The smallest absolute Gasteiger partial charge is 0.339 e. The van der Waals surface area contributed by atoms with Crippen molar-refractivity contribution < 1.29 is 14.3 Å². The number of aromatic carboxylic acids is 1. The second-order valence-corrected chi connectivity index (χ2v) is 3.79. The molecule has 0 aliphatic rings. The molecule has 1 aromatic carbocycles. The molecule has 2 aromatic rings. The fourth-order valence-corrected chi connectivity index (χ4v) is 1.81. The molecular weight excluding hydrogens is 223 g/mol. The summed E-state index contributed by atoms with van der Waals surface area (Å²) in [5, 5.41) is 13.0. The summed E-state index contributed by atoms with van der Waals surface area (Å²) >= 11 is 0. The highest BCUT2D eigenvalue weighted by Crippen LogP contribution is 2.26. The maximum absolute atomic E-state index is 13.0. The highest BCUT2D eigenvalue weighted by Gasteiger charge is 2.18. The molecule has 4 nitrogen and oxygen atoms in total. The Morgan fingerprint density at radius 3 is 2.76 bits per heavy atom. The minimum atomic E-state index is -1.04. The van der Waals surface area contributed by atoms with Crippen LogP contribution in [0.2, 0.25) is 0 Å². The van der Waals surface area contributed by atoms with Crippen LogP contribution >= 0.6 is 0 Å². The quantitative estimate of drug-likeness (QED) is 0.866. The number of halogens is 1. The van der Waals surface area contributed by atoms with Crippen molar-refractivity contribution in [2.75, 3.05) is 0 Å². The molecule has 88 valence electrons. The van der Waals surface area contributed by atoms with Crippen molar-refractivity contribution in [3.63, 3.8) is 0 Å². The van der Waals surface area contributed by atoms with Gasteiger partial charge in [0.05, 0.1) is 11.9 Å². The van der Waals surface area contributed by atoms with E-state index in [0.717, 1.165) is 0 Å². The molecule has 0 amide bonds. The number of rotatable bonds is 2. The van der Waals surface area contributed by atoms with Gasteiger partial charge >= 0.3 is 5.97 Å². The SMILES string of the molecule is Cc1cc(F)ccc1-c1c(C(=O)O)cnn1C. The van der Waals surface area contributed by atoms with Crippen LogP contribution in [0.5, 0.6) is 0 Å². The van der Waals surface area contributed by atoms with Gasteiger partial charge in [-0.3, -0.25) is 4.68 Å². The zero-order valence-electron chi connectivity index (χ0n) is 9.44. The molecule has 0 saturated heterocycles. The second kappa shape index (κ2) is 4.01. The monoisotopic (exact) mass is 234 g/mol. The Labute approximate surface area is 97.3 Å². The molecule has 0 spiro atoms. The van der Waals surface area contributed by atoms with E-state index in [1.807, 2.05) is 0 Å². The van der Waals surface area contributed by atoms with Crippen LogP contribution in [0, 0.1) is 12.7 Å². The molecule has 0 fully saturated rings. The van der Waals surface area contributed by atoms with E-state index in [2.05, 4.69) is 5.10 Å². The van der Waals surface area contributed by atoms with Crippen LogP contribution in [0.15, 0.2) is 24.4 Å². The predicted octanol–water partition coefficient (Wildman–Crippen LogP) is 2.23. The zero-order chi connectivity index (χ0) is 12.6. The molecule has 0 atom stereocenters. The number of carboxylic acid groups (broad SMARTS) is 1. The van der Waals surface area contributed by atoms with Gasteiger partial charge < -0.3 is 5.11 Å². The third kappa shape index (κ3) is 1.91. The largest absolute Gasteiger partial charge is 0.478 e. The lowest BCUT2D eigenvalue weighted by molar-refractivity contribution is 0.0697. The van der Waals surface area contributed by atoms with Crippen molar-refractivity contribution in [2.24, 2.45) is 7.05 Å². The van der Waals surface area contributed by atoms with Crippen LogP contribution in [-0.2, 0) is 7.05 Å². The lowest BCUT2D eigenvalue weighted by Gasteiger charge is -2.07. The van der Waals surface area contributed by atoms with Gasteiger partial charge in [-0.2, -0.15) is 5.10 Å². The van der Waals surface area contributed by atoms with Crippen LogP contribution in [-0.4, -0.2) is 20.9 Å². The highest BCUT2D eigenvalue weighted by atomic mass is 19.1. The first-order chi connectivity index (χ1) is 8.00. The topological polar surface area (TPSA) is 55.1 Å². The molecule has 1 N–H and O–H groups in total. The van der Waals surface area contributed by atoms with E-state index in [0.29, 0.717) is 16.8 Å². The zero-order valence-corrected chi connectivity index (χ0v) is 9.44. The number of hydrogen-bond donors (Lipinski definition) is 1. The molecule has 2 rings (SSSR count). The molecule has 0 aliphatic carbocycles. The average molecular weight is 234 g/mol. The van der Waals surface area contributed by atoms with Crippen LogP contribution in [0.3, 0.4) is 0 Å². The number of benzene rings is 1. The number of carboxylic acids is 1. The molecule has 0 unspecified atom stereocenters. The first kappa shape index (κ1) is 11.3. The summed E-state index contributed by atoms with van der Waals surface area (Å²) in [6.45, 7) is 1.73. The van der Waals surface area contributed by atoms with E-state index in [1.54, 1.807) is 20.0 Å². The molecule has 0 radical (unpaired) electrons. The van der Waals surface area contributed by atoms with Crippen molar-refractivity contribution in [1.29, 1.82) is 0 Å². The third-order valence-electron chi connectivity index (χ3n) is 2.61. The summed E-state index contributed by atoms with van der Waals surface area (Å²) in [4.78, 5) is 11.1. The van der Waals surface area contributed by atoms with Gasteiger partial charge in [0.2, 0.25) is 0 Å². The Morgan fingerprint density at radius 2 is 2.18 bits per heavy atom. The third-order valence-corrected chi connectivity index (χ3v) is 2.61. The van der Waals surface area contributed by atoms with Gasteiger partial charge in [0.15, 0.2) is 0 Å².